The molecule has 1 aliphatic rings. The van der Waals surface area contributed by atoms with Gasteiger partial charge in [0.1, 0.15) is 0 Å². The van der Waals surface area contributed by atoms with E-state index >= 15 is 0 Å². The number of benzene rings is 1. The Kier molecular flexibility index (Phi) is 2.63. The van der Waals surface area contributed by atoms with Crippen LogP contribution in [0.15, 0.2) is 12.1 Å². The van der Waals surface area contributed by atoms with E-state index < -0.39 is 5.97 Å². The molecule has 0 aliphatic carbocycles. The van der Waals surface area contributed by atoms with Gasteiger partial charge in [0.15, 0.2) is 11.5 Å². The summed E-state index contributed by atoms with van der Waals surface area (Å²) in [4.78, 5) is 21.8. The fraction of sp³-hybridized carbons (Fsp3) is 0.200. The summed E-state index contributed by atoms with van der Waals surface area (Å²) in [6.45, 7) is 0.0977. The molecule has 84 valence electrons. The average molecular weight is 223 g/mol. The van der Waals surface area contributed by atoms with Crippen LogP contribution < -0.4 is 14.8 Å². The van der Waals surface area contributed by atoms with Gasteiger partial charge in [-0.05, 0) is 0 Å². The van der Waals surface area contributed by atoms with Crippen molar-refractivity contribution in [3.63, 3.8) is 0 Å². The van der Waals surface area contributed by atoms with Crippen molar-refractivity contribution in [2.75, 3.05) is 19.2 Å². The molecule has 6 nitrogen and oxygen atoms in total. The van der Waals surface area contributed by atoms with Crippen LogP contribution >= 0.6 is 0 Å². The standard InChI is InChI=1S/C10H9NO5/c1-14-10(13)6-2-8-9(16-5-15-8)3-7(6)11-4-12/h2-4H,5H2,1H3,(H,11,12). The monoisotopic (exact) mass is 223 g/mol. The lowest BCUT2D eigenvalue weighted by Gasteiger charge is -2.07. The van der Waals surface area contributed by atoms with Gasteiger partial charge in [-0.25, -0.2) is 4.79 Å². The predicted molar refractivity (Wildman–Crippen MR) is 53.6 cm³/mol. The Balaban J connectivity index is 2.48. The van der Waals surface area contributed by atoms with E-state index in [-0.39, 0.29) is 12.4 Å². The Morgan fingerprint density at radius 2 is 2.12 bits per heavy atom. The van der Waals surface area contributed by atoms with Crippen LogP contribution in [-0.2, 0) is 9.53 Å². The van der Waals surface area contributed by atoms with Gasteiger partial charge >= 0.3 is 5.97 Å². The van der Waals surface area contributed by atoms with Crippen molar-refractivity contribution in [2.45, 2.75) is 0 Å². The van der Waals surface area contributed by atoms with E-state index in [1.54, 1.807) is 0 Å². The smallest absolute Gasteiger partial charge is 0.340 e. The first-order valence-electron chi connectivity index (χ1n) is 4.48. The Hall–Kier alpha value is -2.24. The number of anilines is 1. The fourth-order valence-electron chi connectivity index (χ4n) is 1.40. The van der Waals surface area contributed by atoms with Gasteiger partial charge in [-0.2, -0.15) is 0 Å². The Bertz CT molecular complexity index is 443. The minimum Gasteiger partial charge on any atom is -0.465 e. The second kappa shape index (κ2) is 4.09. The van der Waals surface area contributed by atoms with Gasteiger partial charge in [0, 0.05) is 12.1 Å². The van der Waals surface area contributed by atoms with E-state index in [0.29, 0.717) is 23.6 Å². The SMILES string of the molecule is COC(=O)c1cc2c(cc1NC=O)OCO2. The molecule has 0 aromatic heterocycles. The van der Waals surface area contributed by atoms with Crippen LogP contribution in [0.25, 0.3) is 0 Å². The zero-order valence-corrected chi connectivity index (χ0v) is 8.48. The predicted octanol–water partition coefficient (Wildman–Crippen LogP) is 0.770. The van der Waals surface area contributed by atoms with Crippen molar-refractivity contribution in [1.29, 1.82) is 0 Å². The average Bonchev–Trinajstić information content (AvgIpc) is 2.74. The molecular formula is C10H9NO5. The van der Waals surface area contributed by atoms with Crippen LogP contribution in [0.4, 0.5) is 5.69 Å². The highest BCUT2D eigenvalue weighted by Gasteiger charge is 2.21. The second-order valence-corrected chi connectivity index (χ2v) is 3.00. The van der Waals surface area contributed by atoms with Gasteiger partial charge < -0.3 is 19.5 Å². The summed E-state index contributed by atoms with van der Waals surface area (Å²) in [5.74, 6) is 0.386. The molecule has 1 aromatic carbocycles. The molecule has 6 heteroatoms. The first-order valence-corrected chi connectivity index (χ1v) is 4.48. The van der Waals surface area contributed by atoms with Gasteiger partial charge in [-0.15, -0.1) is 0 Å². The summed E-state index contributed by atoms with van der Waals surface area (Å²) < 4.78 is 14.8. The molecule has 0 unspecified atom stereocenters. The largest absolute Gasteiger partial charge is 0.465 e. The number of hydrogen-bond donors (Lipinski definition) is 1. The van der Waals surface area contributed by atoms with Crippen LogP contribution in [0, 0.1) is 0 Å². The van der Waals surface area contributed by atoms with Crippen molar-refractivity contribution in [2.24, 2.45) is 0 Å². The van der Waals surface area contributed by atoms with Crippen LogP contribution in [0.1, 0.15) is 10.4 Å². The van der Waals surface area contributed by atoms with Crippen molar-refractivity contribution >= 4 is 18.1 Å². The summed E-state index contributed by atoms with van der Waals surface area (Å²) in [6.07, 6.45) is 0.476. The Morgan fingerprint density at radius 3 is 2.75 bits per heavy atom. The zero-order chi connectivity index (χ0) is 11.5. The van der Waals surface area contributed by atoms with E-state index in [2.05, 4.69) is 10.1 Å². The summed E-state index contributed by atoms with van der Waals surface area (Å²) in [5, 5.41) is 2.40. The summed E-state index contributed by atoms with van der Waals surface area (Å²) in [7, 11) is 1.26. The maximum absolute atomic E-state index is 11.4. The quantitative estimate of drug-likeness (QED) is 0.605. The number of amides is 1. The zero-order valence-electron chi connectivity index (χ0n) is 8.48. The summed E-state index contributed by atoms with van der Waals surface area (Å²) >= 11 is 0. The molecule has 1 N–H and O–H groups in total. The molecular weight excluding hydrogens is 214 g/mol. The Labute approximate surface area is 91.1 Å². The molecule has 16 heavy (non-hydrogen) atoms. The van der Waals surface area contributed by atoms with E-state index in [1.165, 1.54) is 19.2 Å². The van der Waals surface area contributed by atoms with Crippen LogP contribution in [-0.4, -0.2) is 26.3 Å². The minimum absolute atomic E-state index is 0.0977. The van der Waals surface area contributed by atoms with Crippen LogP contribution in [0.3, 0.4) is 0 Å². The van der Waals surface area contributed by atoms with Gasteiger partial charge in [0.2, 0.25) is 13.2 Å². The topological polar surface area (TPSA) is 73.9 Å². The fourth-order valence-corrected chi connectivity index (χ4v) is 1.40. The lowest BCUT2D eigenvalue weighted by atomic mass is 10.1. The maximum atomic E-state index is 11.4. The van der Waals surface area contributed by atoms with Gasteiger partial charge in [-0.1, -0.05) is 0 Å². The molecule has 0 fully saturated rings. The van der Waals surface area contributed by atoms with Crippen molar-refractivity contribution < 1.29 is 23.8 Å². The highest BCUT2D eigenvalue weighted by atomic mass is 16.7. The van der Waals surface area contributed by atoms with Gasteiger partial charge in [0.05, 0.1) is 18.4 Å². The normalized spacial score (nSPS) is 12.1. The highest BCUT2D eigenvalue weighted by Crippen LogP contribution is 2.37. The number of esters is 1. The maximum Gasteiger partial charge on any atom is 0.340 e. The number of nitrogens with one attached hydrogen (secondary N) is 1. The third kappa shape index (κ3) is 1.65. The lowest BCUT2D eigenvalue weighted by Crippen LogP contribution is -2.07. The molecule has 0 saturated carbocycles. The molecule has 0 radical (unpaired) electrons. The van der Waals surface area contributed by atoms with Crippen LogP contribution in [0.5, 0.6) is 11.5 Å². The number of hydrogen-bond acceptors (Lipinski definition) is 5. The van der Waals surface area contributed by atoms with Crippen molar-refractivity contribution in [3.05, 3.63) is 17.7 Å². The third-order valence-corrected chi connectivity index (χ3v) is 2.13. The molecule has 0 spiro atoms. The second-order valence-electron chi connectivity index (χ2n) is 3.00. The molecule has 1 aromatic rings. The van der Waals surface area contributed by atoms with Crippen LogP contribution in [0.2, 0.25) is 0 Å². The molecule has 1 heterocycles. The molecule has 0 saturated heterocycles. The van der Waals surface area contributed by atoms with Crippen molar-refractivity contribution in [1.82, 2.24) is 0 Å². The Morgan fingerprint density at radius 1 is 1.44 bits per heavy atom. The number of methoxy groups -OCH3 is 1. The van der Waals surface area contributed by atoms with E-state index in [1.807, 2.05) is 0 Å². The molecule has 2 rings (SSSR count). The van der Waals surface area contributed by atoms with E-state index in [0.717, 1.165) is 0 Å². The van der Waals surface area contributed by atoms with Crippen molar-refractivity contribution in [3.8, 4) is 11.5 Å². The lowest BCUT2D eigenvalue weighted by molar-refractivity contribution is -0.105. The minimum atomic E-state index is -0.553. The van der Waals surface area contributed by atoms with E-state index in [9.17, 15) is 9.59 Å². The van der Waals surface area contributed by atoms with E-state index in [4.69, 9.17) is 9.47 Å². The number of ether oxygens (including phenoxy) is 3. The number of carbonyl (C=O) groups excluding carboxylic acids is 2. The van der Waals surface area contributed by atoms with Gasteiger partial charge in [0.25, 0.3) is 0 Å². The summed E-state index contributed by atoms with van der Waals surface area (Å²) in [6, 6.07) is 2.99. The number of carbonyl (C=O) groups is 2. The third-order valence-electron chi connectivity index (χ3n) is 2.13. The molecule has 0 bridgehead atoms. The first kappa shape index (κ1) is 10.3. The number of fused-ring (bicyclic) bond motifs is 1. The molecule has 1 aliphatic heterocycles. The summed E-state index contributed by atoms with van der Waals surface area (Å²) in [5.41, 5.74) is 0.546. The molecule has 1 amide bonds. The molecule has 0 atom stereocenters. The first-order chi connectivity index (χ1) is 7.76. The number of rotatable bonds is 3. The van der Waals surface area contributed by atoms with Gasteiger partial charge in [-0.3, -0.25) is 4.79 Å². The highest BCUT2D eigenvalue weighted by molar-refractivity contribution is 5.98.